The number of fused-ring (bicyclic) bond motifs is 1. The van der Waals surface area contributed by atoms with Crippen LogP contribution in [0, 0.1) is 0 Å². The molecular weight excluding hydrogens is 453 g/mol. The van der Waals surface area contributed by atoms with Crippen molar-refractivity contribution in [3.05, 3.63) is 30.2 Å². The third-order valence-electron chi connectivity index (χ3n) is 5.81. The van der Waals surface area contributed by atoms with Crippen LogP contribution in [0.25, 0.3) is 11.1 Å². The highest BCUT2D eigenvalue weighted by molar-refractivity contribution is 5.92. The van der Waals surface area contributed by atoms with Gasteiger partial charge >= 0.3 is 6.18 Å². The molecule has 2 N–H and O–H groups in total. The molecule has 1 aromatic heterocycles. The molecule has 186 valence electrons. The molecule has 34 heavy (non-hydrogen) atoms. The first kappa shape index (κ1) is 25.5. The minimum absolute atomic E-state index is 0.0253. The largest absolute Gasteiger partial charge is 0.438 e. The summed E-state index contributed by atoms with van der Waals surface area (Å²) in [6.45, 7) is 4.12. The Morgan fingerprint density at radius 3 is 2.62 bits per heavy atom. The van der Waals surface area contributed by atoms with E-state index < -0.39 is 49.3 Å². The molecule has 3 amide bonds. The first-order chi connectivity index (χ1) is 16.0. The summed E-state index contributed by atoms with van der Waals surface area (Å²) in [7, 11) is 0. The van der Waals surface area contributed by atoms with Crippen LogP contribution in [0.4, 0.5) is 13.2 Å². The molecule has 2 heterocycles. The maximum absolute atomic E-state index is 13.0. The van der Waals surface area contributed by atoms with E-state index in [1.54, 1.807) is 36.1 Å². The Morgan fingerprint density at radius 2 is 1.97 bits per heavy atom. The molecule has 0 saturated carbocycles. The number of hydrogen-bond donors (Lipinski definition) is 2. The number of aromatic nitrogens is 1. The van der Waals surface area contributed by atoms with E-state index >= 15 is 0 Å². The number of alkyl halides is 3. The number of nitrogens with zero attached hydrogens (tertiary/aromatic N) is 2. The van der Waals surface area contributed by atoms with Crippen molar-refractivity contribution in [1.82, 2.24) is 20.5 Å². The first-order valence-electron chi connectivity index (χ1n) is 11.3. The smallest absolute Gasteiger partial charge is 0.389 e. The van der Waals surface area contributed by atoms with E-state index in [0.29, 0.717) is 17.6 Å². The molecule has 0 aliphatic carbocycles. The molecule has 1 aliphatic heterocycles. The summed E-state index contributed by atoms with van der Waals surface area (Å²) in [4.78, 5) is 44.0. The van der Waals surface area contributed by atoms with Gasteiger partial charge in [-0.05, 0) is 45.2 Å². The van der Waals surface area contributed by atoms with E-state index in [0.717, 1.165) is 12.8 Å². The number of hydrogen-bond acceptors (Lipinski definition) is 5. The standard InChI is InChI=1S/C23H29F3N4O4/c1-14-7-6-12-30(14)20(32)13-17(28-19(31)10-5-11-23(24,25)26)21(33)27-15(2)22-29-16-8-3-4-9-18(16)34-22/h3-4,8-9,14-15,17H,5-7,10-13H2,1-2H3,(H,27,33)(H,28,31)/t14-,15-,17-/m0/s1. The van der Waals surface area contributed by atoms with Crippen molar-refractivity contribution < 1.29 is 32.0 Å². The average Bonchev–Trinajstić information content (AvgIpc) is 3.38. The van der Waals surface area contributed by atoms with Gasteiger partial charge in [0.25, 0.3) is 0 Å². The number of likely N-dealkylation sites (tertiary alicyclic amines) is 1. The van der Waals surface area contributed by atoms with Crippen LogP contribution in [0.15, 0.2) is 28.7 Å². The summed E-state index contributed by atoms with van der Waals surface area (Å²) >= 11 is 0. The maximum atomic E-state index is 13.0. The topological polar surface area (TPSA) is 105 Å². The van der Waals surface area contributed by atoms with Gasteiger partial charge in [-0.3, -0.25) is 14.4 Å². The van der Waals surface area contributed by atoms with E-state index in [9.17, 15) is 27.6 Å². The lowest BCUT2D eigenvalue weighted by atomic mass is 10.1. The van der Waals surface area contributed by atoms with Crippen LogP contribution in [-0.4, -0.2) is 52.4 Å². The molecule has 0 spiro atoms. The van der Waals surface area contributed by atoms with Crippen molar-refractivity contribution in [2.75, 3.05) is 6.54 Å². The van der Waals surface area contributed by atoms with E-state index in [4.69, 9.17) is 4.42 Å². The van der Waals surface area contributed by atoms with Crippen LogP contribution in [0.5, 0.6) is 0 Å². The van der Waals surface area contributed by atoms with Gasteiger partial charge in [-0.25, -0.2) is 4.98 Å². The molecule has 3 rings (SSSR count). The van der Waals surface area contributed by atoms with E-state index in [-0.39, 0.29) is 24.3 Å². The normalized spacial score (nSPS) is 18.0. The predicted octanol–water partition coefficient (Wildman–Crippen LogP) is 3.62. The number of carbonyl (C=O) groups excluding carboxylic acids is 3. The van der Waals surface area contributed by atoms with Crippen LogP contribution in [0.1, 0.15) is 64.3 Å². The molecule has 3 atom stereocenters. The fraction of sp³-hybridized carbons (Fsp3) is 0.565. The fourth-order valence-electron chi connectivity index (χ4n) is 3.97. The van der Waals surface area contributed by atoms with E-state index in [2.05, 4.69) is 15.6 Å². The van der Waals surface area contributed by atoms with Gasteiger partial charge in [-0.2, -0.15) is 13.2 Å². The van der Waals surface area contributed by atoms with Crippen molar-refractivity contribution in [2.45, 2.75) is 76.7 Å². The Hall–Kier alpha value is -3.11. The van der Waals surface area contributed by atoms with Gasteiger partial charge in [0.1, 0.15) is 17.6 Å². The van der Waals surface area contributed by atoms with Crippen LogP contribution in [-0.2, 0) is 14.4 Å². The Morgan fingerprint density at radius 1 is 1.24 bits per heavy atom. The second-order valence-electron chi connectivity index (χ2n) is 8.62. The molecule has 1 saturated heterocycles. The average molecular weight is 483 g/mol. The molecule has 1 fully saturated rings. The van der Waals surface area contributed by atoms with Crippen molar-refractivity contribution >= 4 is 28.8 Å². The second kappa shape index (κ2) is 10.9. The molecule has 8 nitrogen and oxygen atoms in total. The van der Waals surface area contributed by atoms with Crippen LogP contribution in [0.3, 0.4) is 0 Å². The van der Waals surface area contributed by atoms with Gasteiger partial charge in [-0.1, -0.05) is 12.1 Å². The van der Waals surface area contributed by atoms with Gasteiger partial charge in [0.2, 0.25) is 23.6 Å². The van der Waals surface area contributed by atoms with Crippen molar-refractivity contribution in [1.29, 1.82) is 0 Å². The quantitative estimate of drug-likeness (QED) is 0.568. The zero-order chi connectivity index (χ0) is 24.9. The molecule has 11 heteroatoms. The molecule has 2 aromatic rings. The second-order valence-corrected chi connectivity index (χ2v) is 8.62. The minimum atomic E-state index is -4.37. The molecule has 0 unspecified atom stereocenters. The lowest BCUT2D eigenvalue weighted by Crippen LogP contribution is -2.50. The Kier molecular flexibility index (Phi) is 8.16. The van der Waals surface area contributed by atoms with Crippen molar-refractivity contribution in [3.8, 4) is 0 Å². The number of amides is 3. The highest BCUT2D eigenvalue weighted by atomic mass is 19.4. The summed E-state index contributed by atoms with van der Waals surface area (Å²) in [6.07, 6.45) is -4.87. The fourth-order valence-corrected chi connectivity index (χ4v) is 3.97. The van der Waals surface area contributed by atoms with Crippen molar-refractivity contribution in [3.63, 3.8) is 0 Å². The summed E-state index contributed by atoms with van der Waals surface area (Å²) < 4.78 is 42.9. The number of benzene rings is 1. The lowest BCUT2D eigenvalue weighted by Gasteiger charge is -2.25. The summed E-state index contributed by atoms with van der Waals surface area (Å²) in [5, 5.41) is 5.13. The molecular formula is C23H29F3N4O4. The Labute approximate surface area is 195 Å². The van der Waals surface area contributed by atoms with Crippen LogP contribution < -0.4 is 10.6 Å². The SMILES string of the molecule is C[C@H](NC(=O)[C@H](CC(=O)N1CCC[C@@H]1C)NC(=O)CCCC(F)(F)F)c1nc2ccccc2o1. The molecule has 1 aliphatic rings. The van der Waals surface area contributed by atoms with Crippen molar-refractivity contribution in [2.24, 2.45) is 0 Å². The number of oxazole rings is 1. The predicted molar refractivity (Wildman–Crippen MR) is 117 cm³/mol. The van der Waals surface area contributed by atoms with Gasteiger partial charge in [0.05, 0.1) is 6.42 Å². The van der Waals surface area contributed by atoms with Gasteiger partial charge in [0, 0.05) is 25.4 Å². The number of rotatable bonds is 9. The Bertz CT molecular complexity index is 990. The monoisotopic (exact) mass is 482 g/mol. The number of halogens is 3. The molecule has 1 aromatic carbocycles. The summed E-state index contributed by atoms with van der Waals surface area (Å²) in [5.74, 6) is -1.40. The van der Waals surface area contributed by atoms with Gasteiger partial charge in [-0.15, -0.1) is 0 Å². The van der Waals surface area contributed by atoms with E-state index in [1.165, 1.54) is 0 Å². The number of para-hydroxylation sites is 2. The first-order valence-corrected chi connectivity index (χ1v) is 11.3. The zero-order valence-electron chi connectivity index (χ0n) is 19.2. The molecule has 0 bridgehead atoms. The lowest BCUT2D eigenvalue weighted by molar-refractivity contribution is -0.139. The van der Waals surface area contributed by atoms with Crippen LogP contribution in [0.2, 0.25) is 0 Å². The number of nitrogens with one attached hydrogen (secondary N) is 2. The molecule has 0 radical (unpaired) electrons. The third-order valence-corrected chi connectivity index (χ3v) is 5.81. The zero-order valence-corrected chi connectivity index (χ0v) is 19.2. The summed E-state index contributed by atoms with van der Waals surface area (Å²) in [5.41, 5.74) is 1.16. The Balaban J connectivity index is 1.66. The highest BCUT2D eigenvalue weighted by Gasteiger charge is 2.32. The van der Waals surface area contributed by atoms with Crippen LogP contribution >= 0.6 is 0 Å². The van der Waals surface area contributed by atoms with E-state index in [1.807, 2.05) is 6.92 Å². The summed E-state index contributed by atoms with van der Waals surface area (Å²) in [6, 6.07) is 5.22. The third kappa shape index (κ3) is 6.94. The highest BCUT2D eigenvalue weighted by Crippen LogP contribution is 2.23. The number of carbonyl (C=O) groups is 3. The maximum Gasteiger partial charge on any atom is 0.389 e. The van der Waals surface area contributed by atoms with Gasteiger partial charge in [0.15, 0.2) is 5.58 Å². The van der Waals surface area contributed by atoms with Gasteiger partial charge < -0.3 is 20.0 Å². The minimum Gasteiger partial charge on any atom is -0.438 e.